The van der Waals surface area contributed by atoms with E-state index >= 15 is 0 Å². The van der Waals surface area contributed by atoms with E-state index in [0.717, 1.165) is 11.1 Å². The van der Waals surface area contributed by atoms with Crippen LogP contribution in [0.5, 0.6) is 0 Å². The number of aromatic nitrogens is 2. The Labute approximate surface area is 174 Å². The van der Waals surface area contributed by atoms with Gasteiger partial charge in [0.05, 0.1) is 5.56 Å². The molecule has 1 unspecified atom stereocenters. The summed E-state index contributed by atoms with van der Waals surface area (Å²) < 4.78 is 10.8. The Morgan fingerprint density at radius 2 is 1.80 bits per heavy atom. The molecule has 7 heteroatoms. The van der Waals surface area contributed by atoms with Gasteiger partial charge in [-0.25, -0.2) is 4.79 Å². The molecule has 1 aliphatic heterocycles. The molecule has 7 nitrogen and oxygen atoms in total. The molecule has 0 spiro atoms. The van der Waals surface area contributed by atoms with Crippen molar-refractivity contribution < 1.29 is 18.8 Å². The van der Waals surface area contributed by atoms with E-state index in [9.17, 15) is 9.59 Å². The van der Waals surface area contributed by atoms with E-state index in [0.29, 0.717) is 29.4 Å². The first-order valence-electron chi connectivity index (χ1n) is 9.73. The fourth-order valence-electron chi connectivity index (χ4n) is 3.27. The van der Waals surface area contributed by atoms with E-state index in [1.165, 1.54) is 0 Å². The first kappa shape index (κ1) is 19.8. The third kappa shape index (κ3) is 3.70. The molecule has 0 saturated carbocycles. The second-order valence-corrected chi connectivity index (χ2v) is 8.66. The van der Waals surface area contributed by atoms with E-state index in [1.807, 2.05) is 32.9 Å². The zero-order chi connectivity index (χ0) is 21.5. The van der Waals surface area contributed by atoms with Gasteiger partial charge in [0.25, 0.3) is 5.91 Å². The van der Waals surface area contributed by atoms with Gasteiger partial charge >= 0.3 is 5.97 Å². The number of rotatable bonds is 3. The summed E-state index contributed by atoms with van der Waals surface area (Å²) in [5.74, 6) is 0.175. The smallest absolute Gasteiger partial charge is 0.339 e. The van der Waals surface area contributed by atoms with Gasteiger partial charge in [0.2, 0.25) is 11.7 Å². The summed E-state index contributed by atoms with van der Waals surface area (Å²) in [6.45, 7) is 7.62. The number of nitrogens with one attached hydrogen (secondary N) is 1. The highest BCUT2D eigenvalue weighted by atomic mass is 16.6. The number of esters is 1. The number of cyclic esters (lactones) is 1. The lowest BCUT2D eigenvalue weighted by atomic mass is 9.89. The molecule has 2 heterocycles. The highest BCUT2D eigenvalue weighted by molar-refractivity contribution is 6.02. The number of hydrogen-bond donors (Lipinski definition) is 1. The Bertz CT molecular complexity index is 1110. The van der Waals surface area contributed by atoms with Crippen molar-refractivity contribution in [2.75, 3.05) is 5.32 Å². The molecular formula is C23H23N3O4. The third-order valence-electron chi connectivity index (χ3n) is 5.03. The van der Waals surface area contributed by atoms with Gasteiger partial charge in [0.15, 0.2) is 5.60 Å². The van der Waals surface area contributed by atoms with E-state index in [4.69, 9.17) is 9.26 Å². The minimum absolute atomic E-state index is 0.231. The van der Waals surface area contributed by atoms with Gasteiger partial charge in [-0.05, 0) is 42.8 Å². The molecule has 0 saturated heterocycles. The molecule has 30 heavy (non-hydrogen) atoms. The molecule has 4 rings (SSSR count). The number of anilines is 1. The second-order valence-electron chi connectivity index (χ2n) is 8.66. The first-order valence-corrected chi connectivity index (χ1v) is 9.73. The highest BCUT2D eigenvalue weighted by Crippen LogP contribution is 2.30. The van der Waals surface area contributed by atoms with E-state index < -0.39 is 11.6 Å². The van der Waals surface area contributed by atoms with Crippen LogP contribution in [0.3, 0.4) is 0 Å². The maximum absolute atomic E-state index is 12.9. The summed E-state index contributed by atoms with van der Waals surface area (Å²) in [5, 5.41) is 6.86. The van der Waals surface area contributed by atoms with Crippen molar-refractivity contribution in [3.63, 3.8) is 0 Å². The van der Waals surface area contributed by atoms with Crippen LogP contribution in [-0.2, 0) is 21.4 Å². The van der Waals surface area contributed by atoms with Crippen LogP contribution in [-0.4, -0.2) is 27.6 Å². The number of fused-ring (bicyclic) bond motifs is 1. The highest BCUT2D eigenvalue weighted by Gasteiger charge is 2.42. The van der Waals surface area contributed by atoms with Gasteiger partial charge in [0, 0.05) is 23.1 Å². The van der Waals surface area contributed by atoms with E-state index in [1.54, 1.807) is 43.3 Å². The number of ether oxygens (including phenoxy) is 1. The molecule has 1 aliphatic rings. The minimum Gasteiger partial charge on any atom is -0.445 e. The van der Waals surface area contributed by atoms with Crippen molar-refractivity contribution in [3.8, 4) is 11.4 Å². The first-order chi connectivity index (χ1) is 14.2. The van der Waals surface area contributed by atoms with Gasteiger partial charge < -0.3 is 14.6 Å². The molecule has 2 aromatic carbocycles. The Hall–Kier alpha value is -3.48. The molecule has 3 aromatic rings. The molecule has 1 amide bonds. The van der Waals surface area contributed by atoms with Crippen LogP contribution in [0.15, 0.2) is 53.1 Å². The number of amides is 1. The lowest BCUT2D eigenvalue weighted by Crippen LogP contribution is -2.48. The number of benzene rings is 2. The van der Waals surface area contributed by atoms with Gasteiger partial charge in [-0.1, -0.05) is 44.1 Å². The molecule has 0 aliphatic carbocycles. The lowest BCUT2D eigenvalue weighted by Gasteiger charge is -2.33. The minimum atomic E-state index is -1.28. The molecule has 1 atom stereocenters. The van der Waals surface area contributed by atoms with Crippen LogP contribution < -0.4 is 5.32 Å². The third-order valence-corrected chi connectivity index (χ3v) is 5.03. The summed E-state index contributed by atoms with van der Waals surface area (Å²) in [7, 11) is 0. The van der Waals surface area contributed by atoms with Crippen LogP contribution in [0.1, 0.15) is 49.5 Å². The topological polar surface area (TPSA) is 94.3 Å². The van der Waals surface area contributed by atoms with Crippen molar-refractivity contribution in [2.24, 2.45) is 0 Å². The second kappa shape index (κ2) is 7.09. The number of nitrogens with zero attached hydrogens (tertiary/aromatic N) is 2. The standard InChI is InChI=1S/C23H23N3O4/c1-22(2,3)21-25-18(26-30-21)14-9-11-16(12-10-14)24-20(28)23(4)13-15-7-5-6-8-17(15)19(27)29-23/h5-12H,13H2,1-4H3,(H,24,28). The van der Waals surface area contributed by atoms with Crippen LogP contribution in [0.4, 0.5) is 5.69 Å². The SMILES string of the molecule is CC1(C(=O)Nc2ccc(-c3noc(C(C)(C)C)n3)cc2)Cc2ccccc2C(=O)O1. The Morgan fingerprint density at radius 1 is 1.10 bits per heavy atom. The van der Waals surface area contributed by atoms with Crippen molar-refractivity contribution >= 4 is 17.6 Å². The largest absolute Gasteiger partial charge is 0.445 e. The predicted octanol–water partition coefficient (Wildman–Crippen LogP) is 4.14. The lowest BCUT2D eigenvalue weighted by molar-refractivity contribution is -0.134. The molecular weight excluding hydrogens is 382 g/mol. The molecule has 0 fully saturated rings. The zero-order valence-corrected chi connectivity index (χ0v) is 17.4. The van der Waals surface area contributed by atoms with Crippen molar-refractivity contribution in [1.29, 1.82) is 0 Å². The fraction of sp³-hybridized carbons (Fsp3) is 0.304. The number of carbonyl (C=O) groups excluding carboxylic acids is 2. The fourth-order valence-corrected chi connectivity index (χ4v) is 3.27. The molecule has 0 radical (unpaired) electrons. The summed E-state index contributed by atoms with van der Waals surface area (Å²) in [6, 6.07) is 14.3. The van der Waals surface area contributed by atoms with E-state index in [2.05, 4.69) is 15.5 Å². The normalized spacial score (nSPS) is 18.5. The monoisotopic (exact) mass is 405 g/mol. The quantitative estimate of drug-likeness (QED) is 0.658. The van der Waals surface area contributed by atoms with Crippen LogP contribution >= 0.6 is 0 Å². The van der Waals surface area contributed by atoms with Crippen LogP contribution in [0, 0.1) is 0 Å². The Kier molecular flexibility index (Phi) is 4.68. The van der Waals surface area contributed by atoms with Crippen LogP contribution in [0.2, 0.25) is 0 Å². The van der Waals surface area contributed by atoms with Gasteiger partial charge in [-0.2, -0.15) is 4.98 Å². The molecule has 0 bridgehead atoms. The van der Waals surface area contributed by atoms with Crippen molar-refractivity contribution in [3.05, 3.63) is 65.5 Å². The van der Waals surface area contributed by atoms with Gasteiger partial charge in [-0.3, -0.25) is 4.79 Å². The average molecular weight is 405 g/mol. The maximum Gasteiger partial charge on any atom is 0.339 e. The molecule has 1 aromatic heterocycles. The van der Waals surface area contributed by atoms with Crippen molar-refractivity contribution in [1.82, 2.24) is 10.1 Å². The Balaban J connectivity index is 1.49. The summed E-state index contributed by atoms with van der Waals surface area (Å²) in [6.07, 6.45) is 0.317. The van der Waals surface area contributed by atoms with Crippen molar-refractivity contribution in [2.45, 2.75) is 45.1 Å². The van der Waals surface area contributed by atoms with Gasteiger partial charge in [-0.15, -0.1) is 0 Å². The van der Waals surface area contributed by atoms with E-state index in [-0.39, 0.29) is 11.3 Å². The maximum atomic E-state index is 12.9. The average Bonchev–Trinajstić information content (AvgIpc) is 3.19. The summed E-state index contributed by atoms with van der Waals surface area (Å²) in [4.78, 5) is 29.6. The number of hydrogen-bond acceptors (Lipinski definition) is 6. The van der Waals surface area contributed by atoms with Crippen LogP contribution in [0.25, 0.3) is 11.4 Å². The molecule has 1 N–H and O–H groups in total. The zero-order valence-electron chi connectivity index (χ0n) is 17.4. The number of carbonyl (C=O) groups is 2. The summed E-state index contributed by atoms with van der Waals surface area (Å²) in [5.41, 5.74) is 1.15. The summed E-state index contributed by atoms with van der Waals surface area (Å²) >= 11 is 0. The Morgan fingerprint density at radius 3 is 2.47 bits per heavy atom. The predicted molar refractivity (Wildman–Crippen MR) is 111 cm³/mol. The molecule has 154 valence electrons. The van der Waals surface area contributed by atoms with Gasteiger partial charge in [0.1, 0.15) is 0 Å².